The summed E-state index contributed by atoms with van der Waals surface area (Å²) in [5, 5.41) is 11.4. The second kappa shape index (κ2) is 9.71. The molecule has 2 aliphatic rings. The molecule has 0 saturated carbocycles. The van der Waals surface area contributed by atoms with Crippen molar-refractivity contribution in [2.45, 2.75) is 52.1 Å². The average Bonchev–Trinajstić information content (AvgIpc) is 3.70. The summed E-state index contributed by atoms with van der Waals surface area (Å²) in [5.74, 6) is 0.0895. The lowest BCUT2D eigenvalue weighted by atomic mass is 10.00. The third-order valence-electron chi connectivity index (χ3n) is 8.14. The fourth-order valence-electron chi connectivity index (χ4n) is 5.90. The number of rotatable bonds is 7. The van der Waals surface area contributed by atoms with E-state index < -0.39 is 6.10 Å². The quantitative estimate of drug-likeness (QED) is 0.202. The van der Waals surface area contributed by atoms with Crippen LogP contribution in [0.15, 0.2) is 72.8 Å². The van der Waals surface area contributed by atoms with Crippen molar-refractivity contribution in [3.63, 3.8) is 0 Å². The summed E-state index contributed by atoms with van der Waals surface area (Å²) in [7, 11) is 0. The average molecular weight is 547 g/mol. The monoisotopic (exact) mass is 546 g/mol. The molecule has 0 spiro atoms. The first-order valence-corrected chi connectivity index (χ1v) is 15.5. The molecule has 0 bridgehead atoms. The third kappa shape index (κ3) is 4.13. The van der Waals surface area contributed by atoms with Gasteiger partial charge in [0, 0.05) is 41.8 Å². The van der Waals surface area contributed by atoms with Crippen LogP contribution in [-0.4, -0.2) is 10.9 Å². The van der Waals surface area contributed by atoms with Gasteiger partial charge in [0.15, 0.2) is 5.78 Å². The summed E-state index contributed by atoms with van der Waals surface area (Å²) < 4.78 is 0. The molecule has 1 N–H and O–H groups in total. The highest BCUT2D eigenvalue weighted by Crippen LogP contribution is 2.54. The largest absolute Gasteiger partial charge is 0.384 e. The van der Waals surface area contributed by atoms with Crippen molar-refractivity contribution in [3.05, 3.63) is 106 Å². The van der Waals surface area contributed by atoms with Crippen molar-refractivity contribution in [1.29, 1.82) is 0 Å². The van der Waals surface area contributed by atoms with Gasteiger partial charge >= 0.3 is 0 Å². The first-order valence-electron chi connectivity index (χ1n) is 13.9. The van der Waals surface area contributed by atoms with Crippen LogP contribution in [0.4, 0.5) is 0 Å². The van der Waals surface area contributed by atoms with Gasteiger partial charge in [-0.3, -0.25) is 4.79 Å². The number of fused-ring (bicyclic) bond motifs is 6. The number of thiophene rings is 2. The van der Waals surface area contributed by atoms with E-state index in [9.17, 15) is 9.90 Å². The van der Waals surface area contributed by atoms with Crippen LogP contribution in [0.3, 0.4) is 0 Å². The number of unbranched alkanes of at least 4 members (excludes halogenated alkanes) is 3. The van der Waals surface area contributed by atoms with Gasteiger partial charge in [0.25, 0.3) is 0 Å². The van der Waals surface area contributed by atoms with Crippen LogP contribution in [0, 0.1) is 6.92 Å². The van der Waals surface area contributed by atoms with Gasteiger partial charge in [0.1, 0.15) is 6.10 Å². The molecule has 194 valence electrons. The number of aliphatic hydroxyl groups is 1. The molecular formula is C35H30O2S2. The topological polar surface area (TPSA) is 37.3 Å². The first-order chi connectivity index (χ1) is 19.0. The van der Waals surface area contributed by atoms with Gasteiger partial charge in [-0.2, -0.15) is 0 Å². The number of carbonyl (C=O) groups is 1. The smallest absolute Gasteiger partial charge is 0.195 e. The van der Waals surface area contributed by atoms with E-state index in [1.54, 1.807) is 22.7 Å². The van der Waals surface area contributed by atoms with Crippen LogP contribution in [0.5, 0.6) is 0 Å². The molecule has 2 aliphatic carbocycles. The Balaban J connectivity index is 1.19. The highest BCUT2D eigenvalue weighted by Gasteiger charge is 2.36. The summed E-state index contributed by atoms with van der Waals surface area (Å²) in [5.41, 5.74) is 10.3. The Hall–Kier alpha value is -3.31. The number of ketones is 1. The number of hydrogen-bond acceptors (Lipinski definition) is 4. The molecule has 1 unspecified atom stereocenters. The maximum atomic E-state index is 13.5. The molecule has 2 aromatic heterocycles. The summed E-state index contributed by atoms with van der Waals surface area (Å²) in [4.78, 5) is 17.9. The van der Waals surface area contributed by atoms with Gasteiger partial charge < -0.3 is 5.11 Å². The molecule has 0 saturated heterocycles. The molecule has 5 aromatic rings. The molecule has 0 radical (unpaired) electrons. The van der Waals surface area contributed by atoms with E-state index in [-0.39, 0.29) is 5.78 Å². The van der Waals surface area contributed by atoms with E-state index >= 15 is 0 Å². The zero-order valence-electron chi connectivity index (χ0n) is 22.2. The predicted octanol–water partition coefficient (Wildman–Crippen LogP) is 9.85. The van der Waals surface area contributed by atoms with Crippen LogP contribution < -0.4 is 0 Å². The maximum Gasteiger partial charge on any atom is 0.195 e. The lowest BCUT2D eigenvalue weighted by molar-refractivity contribution is 0.104. The maximum absolute atomic E-state index is 13.5. The van der Waals surface area contributed by atoms with Crippen LogP contribution in [-0.2, 0) is 6.42 Å². The Kier molecular flexibility index (Phi) is 6.15. The van der Waals surface area contributed by atoms with Gasteiger partial charge in [-0.1, -0.05) is 80.3 Å². The molecule has 3 aromatic carbocycles. The molecule has 2 nitrogen and oxygen atoms in total. The molecule has 0 amide bonds. The van der Waals surface area contributed by atoms with Gasteiger partial charge in [0.05, 0.1) is 0 Å². The Labute approximate surface area is 237 Å². The molecular weight excluding hydrogens is 517 g/mol. The standard InChI is InChI=1S/C35H30O2S2/c1-3-4-5-6-7-21-10-14-23(15-11-21)31-19-29-33(37)25-16-26-24(17-27(25)35(29)39-31)32(36)28-18-30(38-34(26)28)22-12-8-20(2)9-13-22/h8-19,33,37H,3-7H2,1-2H3. The number of hydrogen-bond donors (Lipinski definition) is 1. The fourth-order valence-corrected chi connectivity index (χ4v) is 8.33. The fraction of sp³-hybridized carbons (Fsp3) is 0.229. The van der Waals surface area contributed by atoms with Crippen molar-refractivity contribution < 1.29 is 9.90 Å². The van der Waals surface area contributed by atoms with E-state index in [0.29, 0.717) is 0 Å². The minimum atomic E-state index is -0.668. The third-order valence-corrected chi connectivity index (χ3v) is 10.6. The lowest BCUT2D eigenvalue weighted by Crippen LogP contribution is -1.97. The minimum Gasteiger partial charge on any atom is -0.384 e. The number of carbonyl (C=O) groups excluding carboxylic acids is 1. The van der Waals surface area contributed by atoms with Crippen LogP contribution in [0.2, 0.25) is 0 Å². The Morgan fingerprint density at radius 2 is 1.38 bits per heavy atom. The minimum absolute atomic E-state index is 0.0895. The van der Waals surface area contributed by atoms with Crippen LogP contribution in [0.1, 0.15) is 76.9 Å². The molecule has 4 heteroatoms. The van der Waals surface area contributed by atoms with E-state index in [4.69, 9.17) is 0 Å². The molecule has 0 aliphatic heterocycles. The van der Waals surface area contributed by atoms with Crippen LogP contribution >= 0.6 is 22.7 Å². The first kappa shape index (κ1) is 24.7. The lowest BCUT2D eigenvalue weighted by Gasteiger charge is -2.09. The van der Waals surface area contributed by atoms with Crippen LogP contribution in [0.25, 0.3) is 41.8 Å². The Bertz CT molecular complexity index is 1720. The van der Waals surface area contributed by atoms with Crippen molar-refractivity contribution in [2.24, 2.45) is 0 Å². The van der Waals surface area contributed by atoms with E-state index in [1.165, 1.54) is 42.4 Å². The van der Waals surface area contributed by atoms with Crippen molar-refractivity contribution >= 4 is 28.5 Å². The summed E-state index contributed by atoms with van der Waals surface area (Å²) in [6, 6.07) is 25.6. The summed E-state index contributed by atoms with van der Waals surface area (Å²) in [6.45, 7) is 4.33. The Morgan fingerprint density at radius 1 is 0.692 bits per heavy atom. The second-order valence-electron chi connectivity index (χ2n) is 10.8. The number of aliphatic hydroxyl groups excluding tert-OH is 1. The number of aryl methyl sites for hydroxylation is 2. The highest BCUT2D eigenvalue weighted by molar-refractivity contribution is 7.20. The van der Waals surface area contributed by atoms with Gasteiger partial charge in [0.2, 0.25) is 0 Å². The van der Waals surface area contributed by atoms with E-state index in [0.717, 1.165) is 64.9 Å². The van der Waals surface area contributed by atoms with Crippen molar-refractivity contribution in [3.8, 4) is 41.8 Å². The van der Waals surface area contributed by atoms with Gasteiger partial charge in [-0.15, -0.1) is 22.7 Å². The SMILES string of the molecule is CCCCCCc1ccc(-c2cc3c(s2)-c2cc4c(cc2C3O)-c2sc(-c3ccc(C)cc3)cc2C4=O)cc1. The molecule has 7 rings (SSSR count). The van der Waals surface area contributed by atoms with Crippen molar-refractivity contribution in [1.82, 2.24) is 0 Å². The highest BCUT2D eigenvalue weighted by atomic mass is 32.1. The molecule has 2 heterocycles. The van der Waals surface area contributed by atoms with E-state index in [1.807, 2.05) is 12.1 Å². The van der Waals surface area contributed by atoms with Gasteiger partial charge in [-0.25, -0.2) is 0 Å². The zero-order chi connectivity index (χ0) is 26.7. The second-order valence-corrected chi connectivity index (χ2v) is 12.9. The number of benzene rings is 3. The van der Waals surface area contributed by atoms with Gasteiger partial charge in [-0.05, 0) is 71.8 Å². The normalized spacial score (nSPS) is 14.8. The molecule has 1 atom stereocenters. The van der Waals surface area contributed by atoms with Crippen molar-refractivity contribution in [2.75, 3.05) is 0 Å². The zero-order valence-corrected chi connectivity index (χ0v) is 23.8. The predicted molar refractivity (Wildman–Crippen MR) is 164 cm³/mol. The Morgan fingerprint density at radius 3 is 2.13 bits per heavy atom. The molecule has 39 heavy (non-hydrogen) atoms. The summed E-state index contributed by atoms with van der Waals surface area (Å²) in [6.07, 6.45) is 5.56. The van der Waals surface area contributed by atoms with E-state index in [2.05, 4.69) is 74.5 Å². The molecule has 0 fully saturated rings. The summed E-state index contributed by atoms with van der Waals surface area (Å²) >= 11 is 3.38.